The van der Waals surface area contributed by atoms with Gasteiger partial charge < -0.3 is 10.4 Å². The SMILES string of the molecule is C/C=C(\C=C/C(C)c1ccc(C(=O)C2CCC2C(=O)O)cc1)NC(=O)N1CCCc2cc(C)ccc21. The second kappa shape index (κ2) is 10.9. The standard InChI is InChI=1S/C30H34N2O4/c1-4-24(31-30(36)32-17-5-6-23-18-19(2)7-16-27(23)32)13-8-20(3)21-9-11-22(12-10-21)28(33)25-14-15-26(25)29(34)35/h4,7-13,16,18,20,25-26H,5-6,14-15,17H2,1-3H3,(H,31,36)(H,34,35)/b13-8-,24-4+. The van der Waals surface area contributed by atoms with Gasteiger partial charge >= 0.3 is 12.0 Å². The van der Waals surface area contributed by atoms with Gasteiger partial charge in [0.15, 0.2) is 5.78 Å². The molecule has 0 aromatic heterocycles. The molecule has 1 aliphatic heterocycles. The second-order valence-corrected chi connectivity index (χ2v) is 9.82. The lowest BCUT2D eigenvalue weighted by Crippen LogP contribution is -2.42. The van der Waals surface area contributed by atoms with Crippen molar-refractivity contribution < 1.29 is 19.5 Å². The van der Waals surface area contributed by atoms with Gasteiger partial charge in [0.05, 0.1) is 5.92 Å². The Hall–Kier alpha value is -3.67. The fourth-order valence-corrected chi connectivity index (χ4v) is 4.97. The number of aliphatic carboxylic acids is 1. The van der Waals surface area contributed by atoms with Crippen LogP contribution in [0.5, 0.6) is 0 Å². The van der Waals surface area contributed by atoms with Crippen LogP contribution in [-0.4, -0.2) is 29.4 Å². The molecule has 0 spiro atoms. The van der Waals surface area contributed by atoms with Crippen LogP contribution in [0.4, 0.5) is 10.5 Å². The van der Waals surface area contributed by atoms with Gasteiger partial charge in [-0.05, 0) is 68.7 Å². The summed E-state index contributed by atoms with van der Waals surface area (Å²) in [6.45, 7) is 6.71. The van der Waals surface area contributed by atoms with E-state index in [1.807, 2.05) is 54.3 Å². The monoisotopic (exact) mass is 486 g/mol. The average Bonchev–Trinajstić information content (AvgIpc) is 2.84. The van der Waals surface area contributed by atoms with E-state index < -0.39 is 17.8 Å². The number of fused-ring (bicyclic) bond motifs is 1. The Morgan fingerprint density at radius 1 is 1.08 bits per heavy atom. The molecule has 2 amide bonds. The molecule has 1 aliphatic carbocycles. The first-order valence-electron chi connectivity index (χ1n) is 12.7. The van der Waals surface area contributed by atoms with Crippen LogP contribution in [0, 0.1) is 18.8 Å². The summed E-state index contributed by atoms with van der Waals surface area (Å²) in [5, 5.41) is 12.3. The number of carboxylic acids is 1. The summed E-state index contributed by atoms with van der Waals surface area (Å²) in [4.78, 5) is 38.8. The Morgan fingerprint density at radius 2 is 1.81 bits per heavy atom. The maximum atomic E-state index is 13.1. The first-order chi connectivity index (χ1) is 17.3. The van der Waals surface area contributed by atoms with Crippen molar-refractivity contribution in [3.63, 3.8) is 0 Å². The molecule has 2 N–H and O–H groups in total. The number of carbonyl (C=O) groups is 3. The van der Waals surface area contributed by atoms with Crippen molar-refractivity contribution in [2.75, 3.05) is 11.4 Å². The number of nitrogens with zero attached hydrogens (tertiary/aromatic N) is 1. The van der Waals surface area contributed by atoms with Crippen LogP contribution in [0.3, 0.4) is 0 Å². The van der Waals surface area contributed by atoms with Gasteiger partial charge in [-0.2, -0.15) is 0 Å². The van der Waals surface area contributed by atoms with Gasteiger partial charge in [-0.15, -0.1) is 0 Å². The number of nitrogens with one attached hydrogen (secondary N) is 1. The minimum Gasteiger partial charge on any atom is -0.481 e. The number of allylic oxidation sites excluding steroid dienone is 3. The summed E-state index contributed by atoms with van der Waals surface area (Å²) >= 11 is 0. The van der Waals surface area contributed by atoms with E-state index in [0.717, 1.165) is 29.8 Å². The highest BCUT2D eigenvalue weighted by Crippen LogP contribution is 2.37. The van der Waals surface area contributed by atoms with E-state index >= 15 is 0 Å². The van der Waals surface area contributed by atoms with Gasteiger partial charge in [0, 0.05) is 29.4 Å². The molecule has 3 atom stereocenters. The third-order valence-corrected chi connectivity index (χ3v) is 7.37. The zero-order chi connectivity index (χ0) is 25.8. The summed E-state index contributed by atoms with van der Waals surface area (Å²) in [6, 6.07) is 13.5. The van der Waals surface area contributed by atoms with Crippen molar-refractivity contribution in [1.82, 2.24) is 5.32 Å². The maximum Gasteiger partial charge on any atom is 0.326 e. The predicted octanol–water partition coefficient (Wildman–Crippen LogP) is 6.01. The number of hydrogen-bond donors (Lipinski definition) is 2. The van der Waals surface area contributed by atoms with Crippen molar-refractivity contribution >= 4 is 23.5 Å². The number of Topliss-reactive ketones (excluding diaryl/α,β-unsaturated/α-hetero) is 1. The molecule has 6 heteroatoms. The van der Waals surface area contributed by atoms with Crippen LogP contribution >= 0.6 is 0 Å². The highest BCUT2D eigenvalue weighted by molar-refractivity contribution is 6.00. The molecule has 36 heavy (non-hydrogen) atoms. The van der Waals surface area contributed by atoms with E-state index in [2.05, 4.69) is 25.2 Å². The van der Waals surface area contributed by atoms with Gasteiger partial charge in [-0.1, -0.05) is 61.0 Å². The van der Waals surface area contributed by atoms with Crippen LogP contribution in [0.15, 0.2) is 66.4 Å². The van der Waals surface area contributed by atoms with Crippen LogP contribution < -0.4 is 10.2 Å². The fourth-order valence-electron chi connectivity index (χ4n) is 4.97. The molecule has 1 heterocycles. The number of anilines is 1. The van der Waals surface area contributed by atoms with Gasteiger partial charge in [0.2, 0.25) is 0 Å². The van der Waals surface area contributed by atoms with Crippen molar-refractivity contribution in [2.24, 2.45) is 11.8 Å². The lowest BCUT2D eigenvalue weighted by Gasteiger charge is -2.32. The zero-order valence-electron chi connectivity index (χ0n) is 21.2. The van der Waals surface area contributed by atoms with Gasteiger partial charge in [0.1, 0.15) is 0 Å². The molecule has 2 aromatic carbocycles. The lowest BCUT2D eigenvalue weighted by molar-refractivity contribution is -0.146. The largest absolute Gasteiger partial charge is 0.481 e. The molecule has 188 valence electrons. The topological polar surface area (TPSA) is 86.7 Å². The van der Waals surface area contributed by atoms with E-state index in [9.17, 15) is 19.5 Å². The van der Waals surface area contributed by atoms with Crippen LogP contribution in [0.1, 0.15) is 66.1 Å². The lowest BCUT2D eigenvalue weighted by atomic mass is 9.70. The number of aryl methyl sites for hydroxylation is 2. The first kappa shape index (κ1) is 25.4. The number of hydrogen-bond acceptors (Lipinski definition) is 3. The Morgan fingerprint density at radius 3 is 2.44 bits per heavy atom. The maximum absolute atomic E-state index is 13.1. The van der Waals surface area contributed by atoms with Crippen LogP contribution in [0.2, 0.25) is 0 Å². The number of carboxylic acid groups (broad SMARTS) is 1. The zero-order valence-corrected chi connectivity index (χ0v) is 21.2. The summed E-state index contributed by atoms with van der Waals surface area (Å²) in [7, 11) is 0. The Labute approximate surface area is 212 Å². The molecular formula is C30H34N2O4. The number of urea groups is 1. The van der Waals surface area contributed by atoms with Gasteiger partial charge in [-0.3, -0.25) is 14.5 Å². The van der Waals surface area contributed by atoms with Gasteiger partial charge in [-0.25, -0.2) is 4.79 Å². The minimum atomic E-state index is -0.888. The smallest absolute Gasteiger partial charge is 0.326 e. The molecule has 4 rings (SSSR count). The van der Waals surface area contributed by atoms with E-state index in [1.165, 1.54) is 11.1 Å². The number of benzene rings is 2. The fraction of sp³-hybridized carbons (Fsp3) is 0.367. The predicted molar refractivity (Wildman–Crippen MR) is 141 cm³/mol. The molecule has 1 fully saturated rings. The summed E-state index contributed by atoms with van der Waals surface area (Å²) in [5.41, 5.74) is 5.70. The van der Waals surface area contributed by atoms with E-state index in [1.54, 1.807) is 12.1 Å². The highest BCUT2D eigenvalue weighted by Gasteiger charge is 2.41. The Kier molecular flexibility index (Phi) is 7.73. The minimum absolute atomic E-state index is 0.0650. The molecule has 6 nitrogen and oxygen atoms in total. The third kappa shape index (κ3) is 5.43. The highest BCUT2D eigenvalue weighted by atomic mass is 16.4. The molecule has 0 saturated heterocycles. The van der Waals surface area contributed by atoms with Crippen LogP contribution in [0.25, 0.3) is 0 Å². The molecular weight excluding hydrogens is 452 g/mol. The second-order valence-electron chi connectivity index (χ2n) is 9.82. The first-order valence-corrected chi connectivity index (χ1v) is 12.7. The average molecular weight is 487 g/mol. The van der Waals surface area contributed by atoms with Crippen molar-refractivity contribution in [2.45, 2.75) is 52.4 Å². The number of amides is 2. The quantitative estimate of drug-likeness (QED) is 0.370. The molecule has 0 bridgehead atoms. The molecule has 3 unspecified atom stereocenters. The normalized spacial score (nSPS) is 20.4. The number of ketones is 1. The molecule has 2 aliphatic rings. The van der Waals surface area contributed by atoms with E-state index in [-0.39, 0.29) is 17.7 Å². The number of rotatable bonds is 7. The van der Waals surface area contributed by atoms with E-state index in [4.69, 9.17) is 0 Å². The Balaban J connectivity index is 1.37. The van der Waals surface area contributed by atoms with Crippen LogP contribution in [-0.2, 0) is 11.2 Å². The van der Waals surface area contributed by atoms with Crippen molar-refractivity contribution in [3.05, 3.63) is 88.6 Å². The molecule has 2 aromatic rings. The molecule has 1 saturated carbocycles. The van der Waals surface area contributed by atoms with E-state index in [0.29, 0.717) is 24.9 Å². The summed E-state index contributed by atoms with van der Waals surface area (Å²) < 4.78 is 0. The molecule has 0 radical (unpaired) electrons. The van der Waals surface area contributed by atoms with Crippen molar-refractivity contribution in [3.8, 4) is 0 Å². The summed E-state index contributed by atoms with van der Waals surface area (Å²) in [6.07, 6.45) is 8.94. The number of carbonyl (C=O) groups excluding carboxylic acids is 2. The third-order valence-electron chi connectivity index (χ3n) is 7.37. The Bertz CT molecular complexity index is 1210. The van der Waals surface area contributed by atoms with Gasteiger partial charge in [0.25, 0.3) is 0 Å². The van der Waals surface area contributed by atoms with Crippen molar-refractivity contribution in [1.29, 1.82) is 0 Å². The summed E-state index contributed by atoms with van der Waals surface area (Å²) in [5.74, 6) is -1.88.